The maximum absolute atomic E-state index is 10.8. The van der Waals surface area contributed by atoms with Crippen LogP contribution in [0.2, 0.25) is 0 Å². The highest BCUT2D eigenvalue weighted by atomic mass is 32.2. The summed E-state index contributed by atoms with van der Waals surface area (Å²) < 4.78 is 5.08. The zero-order valence-corrected chi connectivity index (χ0v) is 12.9. The Morgan fingerprint density at radius 3 is 2.48 bits per heavy atom. The van der Waals surface area contributed by atoms with E-state index >= 15 is 0 Å². The normalized spacial score (nSPS) is 37.2. The van der Waals surface area contributed by atoms with Crippen LogP contribution in [0, 0.1) is 0 Å². The number of aliphatic hydroxyl groups is 3. The summed E-state index contributed by atoms with van der Waals surface area (Å²) in [7, 11) is -0.978. The topological polar surface area (TPSA) is 113 Å². The number of nitrogens with two attached hydrogens (primary N) is 1. The lowest BCUT2D eigenvalue weighted by Gasteiger charge is -2.50. The highest BCUT2D eigenvalue weighted by Crippen LogP contribution is 2.46. The monoisotopic (exact) mass is 319 g/mol. The summed E-state index contributed by atoms with van der Waals surface area (Å²) in [6, 6.07) is 0. The fourth-order valence-electron chi connectivity index (χ4n) is 2.74. The summed E-state index contributed by atoms with van der Waals surface area (Å²) >= 11 is 0. The van der Waals surface area contributed by atoms with Crippen LogP contribution in [0.15, 0.2) is 25.3 Å². The van der Waals surface area contributed by atoms with Crippen LogP contribution in [0.4, 0.5) is 0 Å². The first-order valence-electron chi connectivity index (χ1n) is 6.81. The molecule has 6 nitrogen and oxygen atoms in total. The van der Waals surface area contributed by atoms with Gasteiger partial charge in [-0.15, -0.1) is 13.2 Å². The quantitative estimate of drug-likeness (QED) is 0.177. The van der Waals surface area contributed by atoms with Crippen molar-refractivity contribution in [1.29, 1.82) is 0 Å². The third kappa shape index (κ3) is 4.08. The summed E-state index contributed by atoms with van der Waals surface area (Å²) in [5, 5.41) is 29.5. The first-order chi connectivity index (χ1) is 9.91. The fourth-order valence-corrected chi connectivity index (χ4v) is 5.79. The molecule has 0 aliphatic carbocycles. The van der Waals surface area contributed by atoms with E-state index in [1.54, 1.807) is 12.2 Å². The van der Waals surface area contributed by atoms with Crippen molar-refractivity contribution in [2.45, 2.75) is 42.1 Å². The molecule has 1 heterocycles. The van der Waals surface area contributed by atoms with E-state index in [9.17, 15) is 20.1 Å². The molecule has 5 N–H and O–H groups in total. The van der Waals surface area contributed by atoms with Crippen molar-refractivity contribution >= 4 is 17.4 Å². The van der Waals surface area contributed by atoms with Gasteiger partial charge in [-0.25, -0.2) is 10.9 Å². The minimum atomic E-state index is -1.40. The Bertz CT molecular complexity index is 380. The minimum Gasteiger partial charge on any atom is -0.445 e. The van der Waals surface area contributed by atoms with Crippen LogP contribution in [-0.4, -0.2) is 62.6 Å². The van der Waals surface area contributed by atoms with Crippen molar-refractivity contribution < 1.29 is 24.9 Å². The van der Waals surface area contributed by atoms with Gasteiger partial charge in [0.2, 0.25) is 0 Å². The smallest absolute Gasteiger partial charge is 0.294 e. The van der Waals surface area contributed by atoms with E-state index in [4.69, 9.17) is 10.5 Å². The second-order valence-electron chi connectivity index (χ2n) is 5.23. The molecule has 7 heteroatoms. The van der Waals surface area contributed by atoms with Crippen molar-refractivity contribution in [2.75, 3.05) is 11.5 Å². The van der Waals surface area contributed by atoms with E-state index in [1.807, 2.05) is 0 Å². The van der Waals surface area contributed by atoms with Crippen molar-refractivity contribution in [2.24, 2.45) is 5.73 Å². The predicted molar refractivity (Wildman–Crippen MR) is 84.2 cm³/mol. The van der Waals surface area contributed by atoms with Gasteiger partial charge < -0.3 is 20.1 Å². The third-order valence-electron chi connectivity index (χ3n) is 3.75. The molecule has 0 aromatic carbocycles. The summed E-state index contributed by atoms with van der Waals surface area (Å²) in [6.07, 6.45) is 0.549. The van der Waals surface area contributed by atoms with Gasteiger partial charge in [0.1, 0.15) is 6.10 Å². The lowest BCUT2D eigenvalue weighted by molar-refractivity contribution is -0.150. The molecule has 1 fully saturated rings. The maximum atomic E-state index is 10.8. The number of thiol groups is 1. The van der Waals surface area contributed by atoms with Gasteiger partial charge in [0, 0.05) is 12.2 Å². The predicted octanol–water partition coefficient (Wildman–Crippen LogP) is -0.567. The molecule has 6 atom stereocenters. The van der Waals surface area contributed by atoms with Crippen LogP contribution in [-0.2, 0) is 9.53 Å². The van der Waals surface area contributed by atoms with Gasteiger partial charge >= 0.3 is 0 Å². The molecule has 0 bridgehead atoms. The Balaban J connectivity index is 3.10. The van der Waals surface area contributed by atoms with E-state index in [1.165, 1.54) is 0 Å². The van der Waals surface area contributed by atoms with Gasteiger partial charge in [-0.2, -0.15) is 0 Å². The Morgan fingerprint density at radius 1 is 1.29 bits per heavy atom. The number of hydrogen-bond acceptors (Lipinski definition) is 6. The Kier molecular flexibility index (Phi) is 6.89. The summed E-state index contributed by atoms with van der Waals surface area (Å²) in [5.74, 6) is 0.871. The van der Waals surface area contributed by atoms with E-state index in [-0.39, 0.29) is 12.9 Å². The zero-order chi connectivity index (χ0) is 16.0. The molecule has 21 heavy (non-hydrogen) atoms. The highest BCUT2D eigenvalue weighted by Gasteiger charge is 2.51. The standard InChI is InChI=1S/C14H25NO5S/c1-3-5-6-14(15,20-9-16)13-12(19)11(18)10(17)8-21(13)7-4-2/h3-4,9-13,17-19,21H,1-2,5-8,15H2/t10-,11-,12+,13+,14+/m0/s1. The molecule has 122 valence electrons. The summed E-state index contributed by atoms with van der Waals surface area (Å²) in [4.78, 5) is 10.8. The molecule has 1 saturated heterocycles. The minimum absolute atomic E-state index is 0.259. The molecule has 0 aromatic heterocycles. The number of rotatable bonds is 8. The van der Waals surface area contributed by atoms with Crippen molar-refractivity contribution in [3.8, 4) is 0 Å². The molecule has 0 amide bonds. The first kappa shape index (κ1) is 18.2. The Hall–Kier alpha value is -0.860. The molecule has 1 rings (SSSR count). The number of aliphatic hydroxyl groups excluding tert-OH is 3. The van der Waals surface area contributed by atoms with Gasteiger partial charge in [0.15, 0.2) is 5.72 Å². The largest absolute Gasteiger partial charge is 0.445 e. The van der Waals surface area contributed by atoms with Crippen molar-refractivity contribution in [3.05, 3.63) is 25.3 Å². The first-order valence-corrected chi connectivity index (χ1v) is 8.59. The van der Waals surface area contributed by atoms with Crippen molar-refractivity contribution in [1.82, 2.24) is 0 Å². The number of carbonyl (C=O) groups excluding carboxylic acids is 1. The highest BCUT2D eigenvalue weighted by molar-refractivity contribution is 8.17. The second kappa shape index (κ2) is 7.95. The number of hydrogen-bond donors (Lipinski definition) is 5. The summed E-state index contributed by atoms with van der Waals surface area (Å²) in [6.45, 7) is 7.54. The van der Waals surface area contributed by atoms with Crippen LogP contribution in [0.5, 0.6) is 0 Å². The molecular weight excluding hydrogens is 294 g/mol. The molecule has 1 aliphatic heterocycles. The molecule has 1 aliphatic rings. The second-order valence-corrected chi connectivity index (χ2v) is 7.70. The van der Waals surface area contributed by atoms with Gasteiger partial charge in [-0.1, -0.05) is 12.2 Å². The number of carbonyl (C=O) groups is 1. The van der Waals surface area contributed by atoms with Gasteiger partial charge in [0.05, 0.1) is 17.5 Å². The lowest BCUT2D eigenvalue weighted by Crippen LogP contribution is -2.64. The van der Waals surface area contributed by atoms with E-state index in [2.05, 4.69) is 13.2 Å². The number of allylic oxidation sites excluding steroid dienone is 1. The van der Waals surface area contributed by atoms with E-state index in [0.29, 0.717) is 17.9 Å². The maximum Gasteiger partial charge on any atom is 0.294 e. The fraction of sp³-hybridized carbons (Fsp3) is 0.643. The van der Waals surface area contributed by atoms with Crippen LogP contribution in [0.1, 0.15) is 12.8 Å². The van der Waals surface area contributed by atoms with Crippen LogP contribution < -0.4 is 5.73 Å². The Morgan fingerprint density at radius 2 is 1.95 bits per heavy atom. The van der Waals surface area contributed by atoms with Gasteiger partial charge in [0.25, 0.3) is 6.47 Å². The van der Waals surface area contributed by atoms with Crippen LogP contribution >= 0.6 is 10.9 Å². The molecule has 0 spiro atoms. The van der Waals surface area contributed by atoms with Crippen LogP contribution in [0.3, 0.4) is 0 Å². The molecular formula is C14H25NO5S. The molecule has 0 aromatic rings. The van der Waals surface area contributed by atoms with E-state index in [0.717, 1.165) is 0 Å². The molecule has 1 unspecified atom stereocenters. The van der Waals surface area contributed by atoms with Gasteiger partial charge in [-0.3, -0.25) is 10.5 Å². The van der Waals surface area contributed by atoms with Gasteiger partial charge in [-0.05, 0) is 12.2 Å². The van der Waals surface area contributed by atoms with Crippen molar-refractivity contribution in [3.63, 3.8) is 0 Å². The van der Waals surface area contributed by atoms with E-state index < -0.39 is 40.2 Å². The summed E-state index contributed by atoms with van der Waals surface area (Å²) in [5.41, 5.74) is 4.82. The SMILES string of the molecule is C=CCC[C@@](N)(OC=O)[C@H]1[C@H](O)[C@@H](O)[C@@H](O)C[SH]1CC=C. The molecule has 0 radical (unpaired) electrons. The average Bonchev–Trinajstić information content (AvgIpc) is 2.43. The zero-order valence-electron chi connectivity index (χ0n) is 12.0. The number of ether oxygens (including phenoxy) is 1. The lowest BCUT2D eigenvalue weighted by atomic mass is 9.94. The van der Waals surface area contributed by atoms with Crippen LogP contribution in [0.25, 0.3) is 0 Å². The molecule has 0 saturated carbocycles. The Labute approximate surface area is 127 Å². The average molecular weight is 319 g/mol. The third-order valence-corrected chi connectivity index (χ3v) is 6.85.